The number of H-pyrrole nitrogens is 1. The summed E-state index contributed by atoms with van der Waals surface area (Å²) in [6.07, 6.45) is 2.80. The van der Waals surface area contributed by atoms with Gasteiger partial charge in [0.15, 0.2) is 0 Å². The van der Waals surface area contributed by atoms with E-state index in [9.17, 15) is 9.50 Å². The minimum absolute atomic E-state index is 0.318. The van der Waals surface area contributed by atoms with Gasteiger partial charge in [0.1, 0.15) is 17.7 Å². The smallest absolute Gasteiger partial charge is 0.140 e. The zero-order chi connectivity index (χ0) is 16.2. The normalized spacial score (nSPS) is 12.3. The van der Waals surface area contributed by atoms with E-state index in [-0.39, 0.29) is 5.82 Å². The van der Waals surface area contributed by atoms with Gasteiger partial charge in [0, 0.05) is 5.56 Å². The quantitative estimate of drug-likeness (QED) is 0.740. The van der Waals surface area contributed by atoms with Crippen LogP contribution in [0, 0.1) is 5.82 Å². The molecule has 23 heavy (non-hydrogen) atoms. The van der Waals surface area contributed by atoms with Crippen molar-refractivity contribution >= 4 is 0 Å². The number of aliphatic hydroxyl groups excluding tert-OH is 1. The summed E-state index contributed by atoms with van der Waals surface area (Å²) in [5.74, 6) is 0.0904. The van der Waals surface area contributed by atoms with Crippen LogP contribution in [0.2, 0.25) is 0 Å². The van der Waals surface area contributed by atoms with Crippen molar-refractivity contribution in [2.45, 2.75) is 25.9 Å². The lowest BCUT2D eigenvalue weighted by Gasteiger charge is -2.09. The van der Waals surface area contributed by atoms with E-state index in [4.69, 9.17) is 0 Å². The molecule has 3 aromatic rings. The number of rotatable bonds is 5. The average Bonchev–Trinajstić information content (AvgIpc) is 3.05. The van der Waals surface area contributed by atoms with Gasteiger partial charge in [-0.25, -0.2) is 9.37 Å². The Bertz CT molecular complexity index is 780. The molecule has 3 nitrogen and oxygen atoms in total. The van der Waals surface area contributed by atoms with Gasteiger partial charge in [-0.15, -0.1) is 0 Å². The minimum atomic E-state index is -0.855. The first kappa shape index (κ1) is 15.4. The Morgan fingerprint density at radius 2 is 1.87 bits per heavy atom. The maximum Gasteiger partial charge on any atom is 0.140 e. The van der Waals surface area contributed by atoms with Crippen LogP contribution in [0.3, 0.4) is 0 Å². The molecule has 0 saturated heterocycles. The third kappa shape index (κ3) is 3.32. The number of aromatic amines is 1. The van der Waals surface area contributed by atoms with E-state index >= 15 is 0 Å². The van der Waals surface area contributed by atoms with Crippen molar-refractivity contribution in [2.24, 2.45) is 0 Å². The fraction of sp³-hybridized carbons (Fsp3) is 0.211. The zero-order valence-electron chi connectivity index (χ0n) is 13.0. The number of hydrogen-bond donors (Lipinski definition) is 2. The molecule has 3 rings (SSSR count). The fourth-order valence-electron chi connectivity index (χ4n) is 2.61. The molecule has 2 N–H and O–H groups in total. The summed E-state index contributed by atoms with van der Waals surface area (Å²) in [7, 11) is 0. The topological polar surface area (TPSA) is 48.9 Å². The number of benzene rings is 2. The summed E-state index contributed by atoms with van der Waals surface area (Å²) in [4.78, 5) is 7.20. The number of imidazole rings is 1. The van der Waals surface area contributed by atoms with E-state index < -0.39 is 6.10 Å². The highest BCUT2D eigenvalue weighted by Gasteiger charge is 2.15. The van der Waals surface area contributed by atoms with Crippen LogP contribution in [0.1, 0.15) is 36.4 Å². The number of nitrogens with zero attached hydrogens (tertiary/aromatic N) is 1. The van der Waals surface area contributed by atoms with Gasteiger partial charge in [-0.05, 0) is 29.7 Å². The minimum Gasteiger partial charge on any atom is -0.380 e. The third-order valence-electron chi connectivity index (χ3n) is 3.85. The number of aryl methyl sites for hydroxylation is 1. The second-order valence-electron chi connectivity index (χ2n) is 5.56. The molecule has 1 aromatic heterocycles. The summed E-state index contributed by atoms with van der Waals surface area (Å²) in [6.45, 7) is 2.13. The lowest BCUT2D eigenvalue weighted by molar-refractivity contribution is 0.211. The molecule has 1 unspecified atom stereocenters. The Hall–Kier alpha value is -2.46. The van der Waals surface area contributed by atoms with Crippen LogP contribution >= 0.6 is 0 Å². The number of aromatic nitrogens is 2. The van der Waals surface area contributed by atoms with E-state index in [2.05, 4.69) is 16.9 Å². The highest BCUT2D eigenvalue weighted by Crippen LogP contribution is 2.25. The Labute approximate surface area is 134 Å². The van der Waals surface area contributed by atoms with Crippen molar-refractivity contribution in [3.63, 3.8) is 0 Å². The summed E-state index contributed by atoms with van der Waals surface area (Å²) in [5.41, 5.74) is 3.01. The van der Waals surface area contributed by atoms with Crippen LogP contribution < -0.4 is 0 Å². The molecule has 0 bridgehead atoms. The van der Waals surface area contributed by atoms with Crippen molar-refractivity contribution in [1.29, 1.82) is 0 Å². The molecular formula is C19H19FN2O. The van der Waals surface area contributed by atoms with Gasteiger partial charge in [-0.1, -0.05) is 49.7 Å². The SMILES string of the molecule is CCCc1ccc(C(O)c2ncc(-c3ccccc3F)[nH]2)cc1. The summed E-state index contributed by atoms with van der Waals surface area (Å²) < 4.78 is 13.8. The maximum absolute atomic E-state index is 13.8. The van der Waals surface area contributed by atoms with Gasteiger partial charge in [0.05, 0.1) is 11.9 Å². The molecule has 2 aromatic carbocycles. The Morgan fingerprint density at radius 3 is 2.57 bits per heavy atom. The van der Waals surface area contributed by atoms with Gasteiger partial charge in [0.25, 0.3) is 0 Å². The first-order chi connectivity index (χ1) is 11.2. The highest BCUT2D eigenvalue weighted by molar-refractivity contribution is 5.59. The monoisotopic (exact) mass is 310 g/mol. The Balaban J connectivity index is 1.83. The lowest BCUT2D eigenvalue weighted by Crippen LogP contribution is -2.02. The standard InChI is InChI=1S/C19H19FN2O/c1-2-5-13-8-10-14(11-9-13)18(23)19-21-12-17(22-19)15-6-3-4-7-16(15)20/h3-4,6-12,18,23H,2,5H2,1H3,(H,21,22). The van der Waals surface area contributed by atoms with Crippen LogP contribution in [0.5, 0.6) is 0 Å². The zero-order valence-corrected chi connectivity index (χ0v) is 13.0. The highest BCUT2D eigenvalue weighted by atomic mass is 19.1. The van der Waals surface area contributed by atoms with Gasteiger partial charge in [-0.2, -0.15) is 0 Å². The number of hydrogen-bond acceptors (Lipinski definition) is 2. The van der Waals surface area contributed by atoms with Crippen LogP contribution in [0.15, 0.2) is 54.7 Å². The molecule has 0 fully saturated rings. The van der Waals surface area contributed by atoms with Gasteiger partial charge in [0.2, 0.25) is 0 Å². The third-order valence-corrected chi connectivity index (χ3v) is 3.85. The molecule has 4 heteroatoms. The first-order valence-corrected chi connectivity index (χ1v) is 7.75. The van der Waals surface area contributed by atoms with Crippen LogP contribution in [0.25, 0.3) is 11.3 Å². The number of nitrogens with one attached hydrogen (secondary N) is 1. The van der Waals surface area contributed by atoms with Crippen LogP contribution in [0.4, 0.5) is 4.39 Å². The van der Waals surface area contributed by atoms with E-state index in [1.807, 2.05) is 24.3 Å². The summed E-state index contributed by atoms with van der Waals surface area (Å²) >= 11 is 0. The molecule has 0 aliphatic rings. The van der Waals surface area contributed by atoms with Gasteiger partial charge < -0.3 is 10.1 Å². The van der Waals surface area contributed by atoms with E-state index in [1.165, 1.54) is 11.6 Å². The molecule has 0 aliphatic carbocycles. The van der Waals surface area contributed by atoms with E-state index in [1.54, 1.807) is 24.4 Å². The maximum atomic E-state index is 13.8. The van der Waals surface area contributed by atoms with Crippen LogP contribution in [-0.2, 0) is 6.42 Å². The lowest BCUT2D eigenvalue weighted by atomic mass is 10.0. The Kier molecular flexibility index (Phi) is 4.53. The number of halogens is 1. The molecule has 1 heterocycles. The van der Waals surface area contributed by atoms with Crippen molar-refractivity contribution in [2.75, 3.05) is 0 Å². The van der Waals surface area contributed by atoms with Crippen LogP contribution in [-0.4, -0.2) is 15.1 Å². The van der Waals surface area contributed by atoms with Gasteiger partial charge >= 0.3 is 0 Å². The molecule has 0 aliphatic heterocycles. The van der Waals surface area contributed by atoms with Crippen molar-refractivity contribution < 1.29 is 9.50 Å². The Morgan fingerprint density at radius 1 is 1.13 bits per heavy atom. The summed E-state index contributed by atoms with van der Waals surface area (Å²) in [5, 5.41) is 10.5. The van der Waals surface area contributed by atoms with Crippen molar-refractivity contribution in [3.8, 4) is 11.3 Å². The largest absolute Gasteiger partial charge is 0.380 e. The van der Waals surface area contributed by atoms with Gasteiger partial charge in [-0.3, -0.25) is 0 Å². The predicted molar refractivity (Wildman–Crippen MR) is 88.5 cm³/mol. The van der Waals surface area contributed by atoms with Crippen molar-refractivity contribution in [1.82, 2.24) is 9.97 Å². The van der Waals surface area contributed by atoms with Crippen molar-refractivity contribution in [3.05, 3.63) is 77.5 Å². The van der Waals surface area contributed by atoms with E-state index in [0.717, 1.165) is 18.4 Å². The summed E-state index contributed by atoms with van der Waals surface area (Å²) in [6, 6.07) is 14.3. The second-order valence-corrected chi connectivity index (χ2v) is 5.56. The predicted octanol–water partition coefficient (Wildman–Crippen LogP) is 4.25. The fourth-order valence-corrected chi connectivity index (χ4v) is 2.61. The molecule has 0 saturated carbocycles. The molecule has 1 atom stereocenters. The average molecular weight is 310 g/mol. The second kappa shape index (κ2) is 6.75. The van der Waals surface area contributed by atoms with E-state index in [0.29, 0.717) is 17.1 Å². The molecule has 0 radical (unpaired) electrons. The molecule has 0 amide bonds. The molecule has 118 valence electrons. The molecular weight excluding hydrogens is 291 g/mol. The first-order valence-electron chi connectivity index (χ1n) is 7.75. The number of aliphatic hydroxyl groups is 1. The molecule has 0 spiro atoms.